The van der Waals surface area contributed by atoms with E-state index in [4.69, 9.17) is 10.4 Å². The smallest absolute Gasteiger partial charge is 0.326 e. The van der Waals surface area contributed by atoms with Gasteiger partial charge in [-0.15, -0.1) is 0 Å². The van der Waals surface area contributed by atoms with E-state index in [1.807, 2.05) is 6.07 Å². The first-order valence-electron chi connectivity index (χ1n) is 6.05. The summed E-state index contributed by atoms with van der Waals surface area (Å²) < 4.78 is 0. The zero-order valence-corrected chi connectivity index (χ0v) is 11.6. The molecule has 0 aliphatic rings. The van der Waals surface area contributed by atoms with Crippen LogP contribution in [0.1, 0.15) is 26.3 Å². The second-order valence-corrected chi connectivity index (χ2v) is 5.39. The van der Waals surface area contributed by atoms with E-state index in [-0.39, 0.29) is 0 Å². The van der Waals surface area contributed by atoms with Crippen molar-refractivity contribution in [1.82, 2.24) is 5.32 Å². The van der Waals surface area contributed by atoms with Crippen molar-refractivity contribution in [2.24, 2.45) is 5.41 Å². The van der Waals surface area contributed by atoms with Gasteiger partial charge in [-0.25, -0.2) is 9.59 Å². The Morgan fingerprint density at radius 2 is 1.90 bits per heavy atom. The highest BCUT2D eigenvalue weighted by Gasteiger charge is 2.32. The Kier molecular flexibility index (Phi) is 4.70. The van der Waals surface area contributed by atoms with E-state index in [1.165, 1.54) is 0 Å². The fourth-order valence-corrected chi connectivity index (χ4v) is 1.63. The van der Waals surface area contributed by atoms with Gasteiger partial charge in [-0.2, -0.15) is 5.26 Å². The third-order valence-electron chi connectivity index (χ3n) is 2.68. The molecule has 106 valence electrons. The van der Waals surface area contributed by atoms with Crippen LogP contribution >= 0.6 is 0 Å². The summed E-state index contributed by atoms with van der Waals surface area (Å²) in [5, 5.41) is 22.9. The molecule has 3 N–H and O–H groups in total. The summed E-state index contributed by atoms with van der Waals surface area (Å²) in [6, 6.07) is 6.75. The summed E-state index contributed by atoms with van der Waals surface area (Å²) in [6.45, 7) is 5.15. The number of nitrogens with zero attached hydrogens (tertiary/aromatic N) is 1. The van der Waals surface area contributed by atoms with E-state index in [0.29, 0.717) is 11.3 Å². The molecule has 0 aliphatic carbocycles. The lowest BCUT2D eigenvalue weighted by Gasteiger charge is -2.27. The van der Waals surface area contributed by atoms with Gasteiger partial charge in [0, 0.05) is 0 Å². The molecule has 1 aromatic rings. The maximum atomic E-state index is 11.8. The lowest BCUT2D eigenvalue weighted by Crippen LogP contribution is -2.50. The largest absolute Gasteiger partial charge is 0.480 e. The number of hydrogen-bond donors (Lipinski definition) is 3. The zero-order chi connectivity index (χ0) is 15.3. The number of nitrogens with one attached hydrogen (secondary N) is 2. The number of carboxylic acids is 1. The Bertz CT molecular complexity index is 556. The van der Waals surface area contributed by atoms with Gasteiger partial charge < -0.3 is 15.7 Å². The van der Waals surface area contributed by atoms with Crippen molar-refractivity contribution in [3.8, 4) is 6.07 Å². The minimum absolute atomic E-state index is 0.310. The van der Waals surface area contributed by atoms with Crippen molar-refractivity contribution in [3.05, 3.63) is 29.8 Å². The number of para-hydroxylation sites is 1. The summed E-state index contributed by atoms with van der Waals surface area (Å²) in [4.78, 5) is 23.0. The Balaban J connectivity index is 2.82. The van der Waals surface area contributed by atoms with Crippen molar-refractivity contribution in [2.75, 3.05) is 5.32 Å². The molecule has 1 rings (SSSR count). The Hall–Kier alpha value is -2.55. The Labute approximate surface area is 117 Å². The topological polar surface area (TPSA) is 102 Å². The average Bonchev–Trinajstić information content (AvgIpc) is 2.35. The molecule has 0 unspecified atom stereocenters. The number of hydrogen-bond acceptors (Lipinski definition) is 3. The maximum Gasteiger partial charge on any atom is 0.326 e. The van der Waals surface area contributed by atoms with Crippen LogP contribution in [0.5, 0.6) is 0 Å². The van der Waals surface area contributed by atoms with E-state index in [1.54, 1.807) is 45.0 Å². The van der Waals surface area contributed by atoms with E-state index < -0.39 is 23.5 Å². The number of nitriles is 1. The first-order chi connectivity index (χ1) is 9.25. The van der Waals surface area contributed by atoms with E-state index in [2.05, 4.69) is 10.6 Å². The molecular formula is C14H17N3O3. The molecule has 0 heterocycles. The van der Waals surface area contributed by atoms with Crippen LogP contribution in [0.2, 0.25) is 0 Å². The molecule has 0 fully saturated rings. The normalized spacial score (nSPS) is 12.1. The molecule has 0 saturated heterocycles. The summed E-state index contributed by atoms with van der Waals surface area (Å²) >= 11 is 0. The molecule has 0 spiro atoms. The Morgan fingerprint density at radius 1 is 1.30 bits per heavy atom. The van der Waals surface area contributed by atoms with Crippen LogP contribution in [-0.4, -0.2) is 23.1 Å². The van der Waals surface area contributed by atoms with Crippen molar-refractivity contribution in [1.29, 1.82) is 5.26 Å². The second kappa shape index (κ2) is 6.06. The second-order valence-electron chi connectivity index (χ2n) is 5.39. The molecule has 20 heavy (non-hydrogen) atoms. The summed E-state index contributed by atoms with van der Waals surface area (Å²) in [7, 11) is 0. The van der Waals surface area contributed by atoms with Gasteiger partial charge in [0.25, 0.3) is 0 Å². The lowest BCUT2D eigenvalue weighted by atomic mass is 9.87. The number of carbonyl (C=O) groups is 2. The van der Waals surface area contributed by atoms with E-state index in [9.17, 15) is 9.59 Å². The standard InChI is InChI=1S/C14H17N3O3/c1-14(2,3)11(12(18)19)17-13(20)16-10-7-5-4-6-9(10)8-15/h4-7,11H,1-3H3,(H,18,19)(H2,16,17,20)/t11-/m0/s1. The molecule has 0 aliphatic heterocycles. The van der Waals surface area contributed by atoms with Gasteiger partial charge in [0.05, 0.1) is 11.3 Å². The van der Waals surface area contributed by atoms with Gasteiger partial charge in [-0.05, 0) is 17.5 Å². The number of aliphatic carboxylic acids is 1. The predicted molar refractivity (Wildman–Crippen MR) is 74.2 cm³/mol. The van der Waals surface area contributed by atoms with Gasteiger partial charge in [0.15, 0.2) is 0 Å². The minimum atomic E-state index is -1.11. The third kappa shape index (κ3) is 3.99. The maximum absolute atomic E-state index is 11.8. The van der Waals surface area contributed by atoms with Crippen LogP contribution in [0.25, 0.3) is 0 Å². The highest BCUT2D eigenvalue weighted by atomic mass is 16.4. The predicted octanol–water partition coefficient (Wildman–Crippen LogP) is 2.18. The monoisotopic (exact) mass is 275 g/mol. The minimum Gasteiger partial charge on any atom is -0.480 e. The number of benzene rings is 1. The van der Waals surface area contributed by atoms with Crippen LogP contribution in [-0.2, 0) is 4.79 Å². The van der Waals surface area contributed by atoms with E-state index in [0.717, 1.165) is 0 Å². The highest BCUT2D eigenvalue weighted by Crippen LogP contribution is 2.20. The van der Waals surface area contributed by atoms with E-state index >= 15 is 0 Å². The first-order valence-corrected chi connectivity index (χ1v) is 6.05. The zero-order valence-electron chi connectivity index (χ0n) is 11.6. The number of anilines is 1. The fraction of sp³-hybridized carbons (Fsp3) is 0.357. The number of rotatable bonds is 3. The fourth-order valence-electron chi connectivity index (χ4n) is 1.63. The van der Waals surface area contributed by atoms with Gasteiger partial charge in [-0.1, -0.05) is 32.9 Å². The molecule has 2 amide bonds. The van der Waals surface area contributed by atoms with Gasteiger partial charge in [0.2, 0.25) is 0 Å². The molecule has 1 atom stereocenters. The molecule has 0 bridgehead atoms. The molecule has 0 radical (unpaired) electrons. The molecule has 1 aromatic carbocycles. The molecule has 0 aromatic heterocycles. The molecule has 6 nitrogen and oxygen atoms in total. The van der Waals surface area contributed by atoms with Crippen LogP contribution in [0.3, 0.4) is 0 Å². The quantitative estimate of drug-likeness (QED) is 0.786. The van der Waals surface area contributed by atoms with Crippen LogP contribution in [0.15, 0.2) is 24.3 Å². The van der Waals surface area contributed by atoms with Gasteiger partial charge >= 0.3 is 12.0 Å². The molecule has 0 saturated carbocycles. The summed E-state index contributed by atoms with van der Waals surface area (Å²) in [5.41, 5.74) is 0.0219. The Morgan fingerprint density at radius 3 is 2.40 bits per heavy atom. The number of amides is 2. The van der Waals surface area contributed by atoms with Crippen molar-refractivity contribution in [3.63, 3.8) is 0 Å². The number of urea groups is 1. The van der Waals surface area contributed by atoms with Crippen molar-refractivity contribution >= 4 is 17.7 Å². The van der Waals surface area contributed by atoms with Crippen molar-refractivity contribution < 1.29 is 14.7 Å². The number of carbonyl (C=O) groups excluding carboxylic acids is 1. The lowest BCUT2D eigenvalue weighted by molar-refractivity contribution is -0.141. The average molecular weight is 275 g/mol. The SMILES string of the molecule is CC(C)(C)[C@@H](NC(=O)Nc1ccccc1C#N)C(=O)O. The van der Waals surface area contributed by atoms with Gasteiger partial charge in [0.1, 0.15) is 12.1 Å². The third-order valence-corrected chi connectivity index (χ3v) is 2.68. The van der Waals surface area contributed by atoms with Crippen LogP contribution in [0, 0.1) is 16.7 Å². The molecule has 6 heteroatoms. The van der Waals surface area contributed by atoms with Crippen LogP contribution < -0.4 is 10.6 Å². The molecular weight excluding hydrogens is 258 g/mol. The van der Waals surface area contributed by atoms with Crippen LogP contribution in [0.4, 0.5) is 10.5 Å². The van der Waals surface area contributed by atoms with Crippen molar-refractivity contribution in [2.45, 2.75) is 26.8 Å². The number of carboxylic acid groups (broad SMARTS) is 1. The summed E-state index contributed by atoms with van der Waals surface area (Å²) in [6.07, 6.45) is 0. The first kappa shape index (κ1) is 15.5. The summed E-state index contributed by atoms with van der Waals surface area (Å²) in [5.74, 6) is -1.11. The van der Waals surface area contributed by atoms with Gasteiger partial charge in [-0.3, -0.25) is 0 Å². The highest BCUT2D eigenvalue weighted by molar-refractivity contribution is 5.93.